The van der Waals surface area contributed by atoms with Gasteiger partial charge < -0.3 is 36.2 Å². The number of nitrogens with zero attached hydrogens (tertiary/aromatic N) is 1. The summed E-state index contributed by atoms with van der Waals surface area (Å²) in [5.74, 6) is -6.23. The lowest BCUT2D eigenvalue weighted by atomic mass is 9.57. The molecule has 0 spiro atoms. The van der Waals surface area contributed by atoms with Crippen LogP contribution in [-0.4, -0.2) is 82.2 Å². The number of unbranched alkanes of at least 4 members (excludes halogenated alkanes) is 5. The molecule has 11 nitrogen and oxygen atoms in total. The third-order valence-electron chi connectivity index (χ3n) is 10.2. The first-order chi connectivity index (χ1) is 22.9. The predicted octanol–water partition coefficient (Wildman–Crippen LogP) is 4.09. The van der Waals surface area contributed by atoms with E-state index < -0.39 is 58.0 Å². The van der Waals surface area contributed by atoms with Gasteiger partial charge in [0.05, 0.1) is 18.7 Å². The molecule has 48 heavy (non-hydrogen) atoms. The highest BCUT2D eigenvalue weighted by atomic mass is 16.5. The molecular weight excluding hydrogens is 614 g/mol. The highest BCUT2D eigenvalue weighted by Crippen LogP contribution is 2.54. The summed E-state index contributed by atoms with van der Waals surface area (Å²) in [6.45, 7) is 3.75. The number of Topliss-reactive ketones (excluding diaryl/α,β-unsaturated/α-hetero) is 2. The van der Waals surface area contributed by atoms with Gasteiger partial charge in [0.25, 0.3) is 5.91 Å². The Bertz CT molecular complexity index is 1680. The van der Waals surface area contributed by atoms with Crippen LogP contribution in [0.3, 0.4) is 0 Å². The van der Waals surface area contributed by atoms with E-state index in [2.05, 4.69) is 12.2 Å². The van der Waals surface area contributed by atoms with Gasteiger partial charge >= 0.3 is 0 Å². The number of carbonyl (C=O) groups excluding carboxylic acids is 3. The first kappa shape index (κ1) is 35.1. The molecule has 0 aliphatic heterocycles. The second-order valence-corrected chi connectivity index (χ2v) is 13.4. The molecule has 1 amide bonds. The molecule has 3 aliphatic carbocycles. The fourth-order valence-electron chi connectivity index (χ4n) is 7.83. The fraction of sp³-hybridized carbons (Fsp3) is 0.486. The lowest BCUT2D eigenvalue weighted by molar-refractivity contribution is -0.153. The Morgan fingerprint density at radius 3 is 2.42 bits per heavy atom. The first-order valence-corrected chi connectivity index (χ1v) is 16.8. The van der Waals surface area contributed by atoms with Crippen LogP contribution in [0.5, 0.6) is 11.5 Å². The number of amides is 1. The van der Waals surface area contributed by atoms with Gasteiger partial charge in [0.2, 0.25) is 5.78 Å². The molecule has 4 atom stereocenters. The Hall–Kier alpha value is -4.19. The van der Waals surface area contributed by atoms with Crippen LogP contribution in [-0.2, 0) is 27.3 Å². The summed E-state index contributed by atoms with van der Waals surface area (Å²) in [6.07, 6.45) is 7.48. The minimum Gasteiger partial charge on any atom is -0.508 e. The van der Waals surface area contributed by atoms with E-state index >= 15 is 0 Å². The molecule has 1 saturated carbocycles. The van der Waals surface area contributed by atoms with E-state index in [-0.39, 0.29) is 29.7 Å². The van der Waals surface area contributed by atoms with Crippen molar-refractivity contribution in [3.05, 3.63) is 63.9 Å². The number of likely N-dealkylation sites (N-methyl/N-ethyl adjacent to an activating group) is 1. The number of rotatable bonds is 13. The Labute approximate surface area is 281 Å². The highest BCUT2D eigenvalue weighted by Gasteiger charge is 2.64. The minimum absolute atomic E-state index is 0.0143. The van der Waals surface area contributed by atoms with Gasteiger partial charge in [-0.1, -0.05) is 51.2 Å². The molecule has 0 radical (unpaired) electrons. The van der Waals surface area contributed by atoms with E-state index in [1.807, 2.05) is 18.2 Å². The van der Waals surface area contributed by atoms with Crippen LogP contribution in [0.15, 0.2) is 47.2 Å². The summed E-state index contributed by atoms with van der Waals surface area (Å²) in [4.78, 5) is 41.3. The zero-order valence-electron chi connectivity index (χ0n) is 28.1. The number of methoxy groups -OCH3 is 1. The van der Waals surface area contributed by atoms with Gasteiger partial charge in [-0.05, 0) is 80.7 Å². The van der Waals surface area contributed by atoms with Crippen LogP contribution in [0.2, 0.25) is 0 Å². The molecular formula is C37H47N3O8. The maximum atomic E-state index is 14.2. The number of phenols is 1. The van der Waals surface area contributed by atoms with E-state index in [9.17, 15) is 34.8 Å². The lowest BCUT2D eigenvalue weighted by Crippen LogP contribution is -2.65. The number of aliphatic hydroxyl groups excluding tert-OH is 2. The molecule has 2 aromatic rings. The van der Waals surface area contributed by atoms with Crippen LogP contribution < -0.4 is 15.8 Å². The zero-order valence-corrected chi connectivity index (χ0v) is 28.1. The quantitative estimate of drug-likeness (QED) is 0.135. The average Bonchev–Trinajstić information content (AvgIpc) is 3.03. The largest absolute Gasteiger partial charge is 0.508 e. The molecule has 1 fully saturated rings. The smallest absolute Gasteiger partial charge is 0.255 e. The van der Waals surface area contributed by atoms with Gasteiger partial charge in [-0.3, -0.25) is 19.3 Å². The van der Waals surface area contributed by atoms with Crippen LogP contribution in [0, 0.1) is 11.8 Å². The Balaban J connectivity index is 1.53. The van der Waals surface area contributed by atoms with Gasteiger partial charge in [0, 0.05) is 23.6 Å². The number of carbonyl (C=O) groups is 3. The molecule has 7 N–H and O–H groups in total. The minimum atomic E-state index is -2.68. The van der Waals surface area contributed by atoms with E-state index in [0.29, 0.717) is 23.4 Å². The number of phenolic OH excluding ortho intramolecular Hbond substituents is 1. The van der Waals surface area contributed by atoms with Crippen LogP contribution >= 0.6 is 0 Å². The maximum absolute atomic E-state index is 14.2. The van der Waals surface area contributed by atoms with Crippen molar-refractivity contribution in [1.29, 1.82) is 0 Å². The Kier molecular flexibility index (Phi) is 10.3. The predicted molar refractivity (Wildman–Crippen MR) is 181 cm³/mol. The fourth-order valence-corrected chi connectivity index (χ4v) is 7.83. The van der Waals surface area contributed by atoms with Gasteiger partial charge in [-0.25, -0.2) is 0 Å². The number of nitrogens with one attached hydrogen (secondary N) is 1. The van der Waals surface area contributed by atoms with Crippen molar-refractivity contribution in [3.63, 3.8) is 0 Å². The van der Waals surface area contributed by atoms with Gasteiger partial charge in [-0.15, -0.1) is 0 Å². The number of primary amides is 1. The molecule has 4 unspecified atom stereocenters. The summed E-state index contributed by atoms with van der Waals surface area (Å²) in [5.41, 5.74) is 4.79. The number of ether oxygens (including phenoxy) is 1. The molecule has 11 heteroatoms. The molecule has 258 valence electrons. The van der Waals surface area contributed by atoms with Crippen molar-refractivity contribution in [3.8, 4) is 22.6 Å². The molecule has 0 saturated heterocycles. The van der Waals surface area contributed by atoms with Crippen LogP contribution in [0.1, 0.15) is 68.6 Å². The van der Waals surface area contributed by atoms with Crippen molar-refractivity contribution < 1.29 is 39.5 Å². The van der Waals surface area contributed by atoms with E-state index in [1.165, 1.54) is 43.1 Å². The monoisotopic (exact) mass is 661 g/mol. The second kappa shape index (κ2) is 14.1. The van der Waals surface area contributed by atoms with Crippen molar-refractivity contribution in [2.75, 3.05) is 27.7 Å². The summed E-state index contributed by atoms with van der Waals surface area (Å²) < 4.78 is 5.74. The summed E-state index contributed by atoms with van der Waals surface area (Å²) in [7, 11) is 4.72. The Morgan fingerprint density at radius 2 is 1.75 bits per heavy atom. The molecule has 0 heterocycles. The van der Waals surface area contributed by atoms with Gasteiger partial charge in [-0.2, -0.15) is 0 Å². The third-order valence-corrected chi connectivity index (χ3v) is 10.2. The standard InChI is InChI=1S/C37H47N3O8/c1-5-6-7-8-9-10-15-39-19-20-11-14-27(48-4)23(16-20)22-12-13-26(41)29-24(22)17-21-18-25-31(40(2)3)33(43)30(36(38)46)35(45)37(25,47)34(44)28(21)32(29)42/h11-14,16,21,25,31,39,41-42,45,47H,5-10,15,17-19H2,1-4H3,(H2,38,46). The van der Waals surface area contributed by atoms with E-state index in [1.54, 1.807) is 27.3 Å². The number of aromatic hydroxyl groups is 1. The van der Waals surface area contributed by atoms with Crippen LogP contribution in [0.25, 0.3) is 16.9 Å². The molecule has 0 bridgehead atoms. The summed E-state index contributed by atoms with van der Waals surface area (Å²) >= 11 is 0. The zero-order chi connectivity index (χ0) is 34.9. The lowest BCUT2D eigenvalue weighted by Gasteiger charge is -2.50. The van der Waals surface area contributed by atoms with Crippen molar-refractivity contribution in [1.82, 2.24) is 10.2 Å². The highest BCUT2D eigenvalue weighted by molar-refractivity contribution is 6.24. The van der Waals surface area contributed by atoms with Gasteiger partial charge in [0.15, 0.2) is 11.4 Å². The van der Waals surface area contributed by atoms with Crippen molar-refractivity contribution in [2.24, 2.45) is 17.6 Å². The molecule has 0 aromatic heterocycles. The topological polar surface area (TPSA) is 183 Å². The van der Waals surface area contributed by atoms with E-state index in [0.717, 1.165) is 24.1 Å². The number of aliphatic hydroxyl groups is 3. The number of fused-ring (bicyclic) bond motifs is 3. The molecule has 5 rings (SSSR count). The number of benzene rings is 2. The average molecular weight is 662 g/mol. The number of hydrogen-bond acceptors (Lipinski definition) is 10. The Morgan fingerprint density at radius 1 is 1.04 bits per heavy atom. The van der Waals surface area contributed by atoms with Crippen molar-refractivity contribution in [2.45, 2.75) is 76.5 Å². The molecule has 2 aromatic carbocycles. The number of hydrogen-bond donors (Lipinski definition) is 6. The third kappa shape index (κ3) is 5.99. The number of nitrogens with two attached hydrogens (primary N) is 1. The second-order valence-electron chi connectivity index (χ2n) is 13.4. The normalized spacial score (nSPS) is 23.7. The summed E-state index contributed by atoms with van der Waals surface area (Å²) in [6, 6.07) is 7.91. The molecule has 3 aliphatic rings. The van der Waals surface area contributed by atoms with E-state index in [4.69, 9.17) is 10.5 Å². The first-order valence-electron chi connectivity index (χ1n) is 16.8. The van der Waals surface area contributed by atoms with Crippen molar-refractivity contribution >= 4 is 23.2 Å². The maximum Gasteiger partial charge on any atom is 0.255 e. The van der Waals surface area contributed by atoms with Crippen LogP contribution in [0.4, 0.5) is 0 Å². The summed E-state index contributed by atoms with van der Waals surface area (Å²) in [5, 5.41) is 49.1. The van der Waals surface area contributed by atoms with Gasteiger partial charge in [0.1, 0.15) is 28.6 Å². The SMILES string of the molecule is CCCCCCCCNCc1ccc(OC)c(-c2ccc(O)c3c2CC2CC4C(N(C)C)C(=O)C(C(N)=O)=C(O)C4(O)C(=O)C2=C3O)c1. The number of ketones is 2.